The maximum absolute atomic E-state index is 5.47. The molecule has 2 aromatic heterocycles. The maximum Gasteiger partial charge on any atom is 0.170 e. The van der Waals surface area contributed by atoms with Crippen molar-refractivity contribution in [2.45, 2.75) is 26.9 Å². The Kier molecular flexibility index (Phi) is 2.55. The molecule has 2 N–H and O–H groups in total. The lowest BCUT2D eigenvalue weighted by atomic mass is 10.2. The van der Waals surface area contributed by atoms with Gasteiger partial charge < -0.3 is 10.3 Å². The van der Waals surface area contributed by atoms with Crippen molar-refractivity contribution in [1.82, 2.24) is 14.9 Å². The van der Waals surface area contributed by atoms with Gasteiger partial charge in [0.25, 0.3) is 0 Å². The van der Waals surface area contributed by atoms with E-state index in [9.17, 15) is 0 Å². The SMILES string of the molecule is CCn1cc(-c2cc(CN)no2)c(C)n1. The first-order valence-electron chi connectivity index (χ1n) is 4.94. The van der Waals surface area contributed by atoms with Crippen molar-refractivity contribution in [3.05, 3.63) is 23.7 Å². The summed E-state index contributed by atoms with van der Waals surface area (Å²) in [6, 6.07) is 1.85. The molecule has 0 spiro atoms. The molecular weight excluding hydrogens is 192 g/mol. The van der Waals surface area contributed by atoms with E-state index in [2.05, 4.69) is 10.3 Å². The molecular formula is C10H14N4O. The molecule has 0 aromatic carbocycles. The van der Waals surface area contributed by atoms with E-state index in [0.717, 1.165) is 29.3 Å². The molecule has 5 heteroatoms. The fraction of sp³-hybridized carbons (Fsp3) is 0.400. The van der Waals surface area contributed by atoms with Crippen LogP contribution in [0.15, 0.2) is 16.8 Å². The Hall–Kier alpha value is -1.62. The predicted molar refractivity (Wildman–Crippen MR) is 56.0 cm³/mol. The van der Waals surface area contributed by atoms with Crippen molar-refractivity contribution in [3.63, 3.8) is 0 Å². The fourth-order valence-corrected chi connectivity index (χ4v) is 1.46. The molecule has 0 fully saturated rings. The van der Waals surface area contributed by atoms with Gasteiger partial charge in [0.2, 0.25) is 0 Å². The van der Waals surface area contributed by atoms with Gasteiger partial charge >= 0.3 is 0 Å². The van der Waals surface area contributed by atoms with Crippen LogP contribution in [0.4, 0.5) is 0 Å². The summed E-state index contributed by atoms with van der Waals surface area (Å²) in [6.45, 7) is 5.23. The van der Waals surface area contributed by atoms with E-state index in [1.807, 2.05) is 30.8 Å². The summed E-state index contributed by atoms with van der Waals surface area (Å²) in [4.78, 5) is 0. The third-order valence-corrected chi connectivity index (χ3v) is 2.30. The number of aryl methyl sites for hydroxylation is 2. The van der Waals surface area contributed by atoms with Gasteiger partial charge in [-0.3, -0.25) is 4.68 Å². The summed E-state index contributed by atoms with van der Waals surface area (Å²) in [5.41, 5.74) is 8.14. The average Bonchev–Trinajstić information content (AvgIpc) is 2.83. The van der Waals surface area contributed by atoms with Crippen LogP contribution in [0.5, 0.6) is 0 Å². The zero-order valence-corrected chi connectivity index (χ0v) is 8.90. The molecule has 0 saturated heterocycles. The highest BCUT2D eigenvalue weighted by Crippen LogP contribution is 2.23. The number of hydrogen-bond acceptors (Lipinski definition) is 4. The first kappa shape index (κ1) is 9.92. The van der Waals surface area contributed by atoms with Gasteiger partial charge in [-0.1, -0.05) is 5.16 Å². The van der Waals surface area contributed by atoms with Gasteiger partial charge in [-0.15, -0.1) is 0 Å². The lowest BCUT2D eigenvalue weighted by molar-refractivity contribution is 0.423. The molecule has 15 heavy (non-hydrogen) atoms. The van der Waals surface area contributed by atoms with Crippen molar-refractivity contribution >= 4 is 0 Å². The van der Waals surface area contributed by atoms with Crippen molar-refractivity contribution in [2.75, 3.05) is 0 Å². The van der Waals surface area contributed by atoms with E-state index in [1.54, 1.807) is 0 Å². The van der Waals surface area contributed by atoms with E-state index in [-0.39, 0.29) is 0 Å². The lowest BCUT2D eigenvalue weighted by Crippen LogP contribution is -1.94. The van der Waals surface area contributed by atoms with E-state index in [1.165, 1.54) is 0 Å². The number of nitrogens with two attached hydrogens (primary N) is 1. The van der Waals surface area contributed by atoms with Crippen LogP contribution in [-0.4, -0.2) is 14.9 Å². The van der Waals surface area contributed by atoms with Crippen LogP contribution in [0.3, 0.4) is 0 Å². The minimum absolute atomic E-state index is 0.393. The molecule has 0 amide bonds. The van der Waals surface area contributed by atoms with Crippen LogP contribution in [-0.2, 0) is 13.1 Å². The summed E-state index contributed by atoms with van der Waals surface area (Å²) in [6.07, 6.45) is 1.95. The van der Waals surface area contributed by atoms with Crippen LogP contribution in [0, 0.1) is 6.92 Å². The Morgan fingerprint density at radius 3 is 2.87 bits per heavy atom. The average molecular weight is 206 g/mol. The van der Waals surface area contributed by atoms with Crippen molar-refractivity contribution in [3.8, 4) is 11.3 Å². The standard InChI is InChI=1S/C10H14N4O/c1-3-14-6-9(7(2)12-14)10-4-8(5-11)13-15-10/h4,6H,3,5,11H2,1-2H3. The zero-order chi connectivity index (χ0) is 10.8. The molecule has 0 bridgehead atoms. The van der Waals surface area contributed by atoms with E-state index < -0.39 is 0 Å². The van der Waals surface area contributed by atoms with Crippen molar-refractivity contribution < 1.29 is 4.52 Å². The molecule has 80 valence electrons. The zero-order valence-electron chi connectivity index (χ0n) is 8.90. The highest BCUT2D eigenvalue weighted by Gasteiger charge is 2.11. The normalized spacial score (nSPS) is 10.9. The highest BCUT2D eigenvalue weighted by atomic mass is 16.5. The first-order valence-corrected chi connectivity index (χ1v) is 4.94. The predicted octanol–water partition coefficient (Wildman–Crippen LogP) is 1.33. The Balaban J connectivity index is 2.39. The second-order valence-corrected chi connectivity index (χ2v) is 3.37. The van der Waals surface area contributed by atoms with Gasteiger partial charge in [-0.05, 0) is 13.8 Å². The minimum Gasteiger partial charge on any atom is -0.356 e. The van der Waals surface area contributed by atoms with E-state index in [4.69, 9.17) is 10.3 Å². The molecule has 0 aliphatic heterocycles. The maximum atomic E-state index is 5.47. The van der Waals surface area contributed by atoms with Gasteiger partial charge in [0.1, 0.15) is 0 Å². The molecule has 5 nitrogen and oxygen atoms in total. The van der Waals surface area contributed by atoms with E-state index >= 15 is 0 Å². The van der Waals surface area contributed by atoms with Crippen LogP contribution >= 0.6 is 0 Å². The summed E-state index contributed by atoms with van der Waals surface area (Å²) in [5, 5.41) is 8.19. The molecule has 2 aromatic rings. The second kappa shape index (κ2) is 3.86. The Labute approximate surface area is 87.9 Å². The Morgan fingerprint density at radius 2 is 2.33 bits per heavy atom. The van der Waals surface area contributed by atoms with Gasteiger partial charge in [-0.25, -0.2) is 0 Å². The molecule has 0 saturated carbocycles. The van der Waals surface area contributed by atoms with Crippen molar-refractivity contribution in [2.24, 2.45) is 5.73 Å². The van der Waals surface area contributed by atoms with Crippen LogP contribution in [0.25, 0.3) is 11.3 Å². The number of rotatable bonds is 3. The Morgan fingerprint density at radius 1 is 1.53 bits per heavy atom. The Bertz CT molecular complexity index is 458. The minimum atomic E-state index is 0.393. The quantitative estimate of drug-likeness (QED) is 0.822. The van der Waals surface area contributed by atoms with Crippen LogP contribution in [0.2, 0.25) is 0 Å². The fourth-order valence-electron chi connectivity index (χ4n) is 1.46. The van der Waals surface area contributed by atoms with Crippen LogP contribution < -0.4 is 5.73 Å². The molecule has 2 rings (SSSR count). The third kappa shape index (κ3) is 1.78. The number of aromatic nitrogens is 3. The molecule has 2 heterocycles. The summed E-state index contributed by atoms with van der Waals surface area (Å²) >= 11 is 0. The topological polar surface area (TPSA) is 69.9 Å². The molecule has 0 radical (unpaired) electrons. The van der Waals surface area contributed by atoms with Gasteiger partial charge in [-0.2, -0.15) is 5.10 Å². The van der Waals surface area contributed by atoms with Crippen LogP contribution in [0.1, 0.15) is 18.3 Å². The molecule has 0 aliphatic carbocycles. The lowest BCUT2D eigenvalue weighted by Gasteiger charge is -1.89. The highest BCUT2D eigenvalue weighted by molar-refractivity contribution is 5.59. The summed E-state index contributed by atoms with van der Waals surface area (Å²) in [7, 11) is 0. The largest absolute Gasteiger partial charge is 0.356 e. The third-order valence-electron chi connectivity index (χ3n) is 2.30. The van der Waals surface area contributed by atoms with Gasteiger partial charge in [0, 0.05) is 25.4 Å². The van der Waals surface area contributed by atoms with Gasteiger partial charge in [0.05, 0.1) is 17.0 Å². The first-order chi connectivity index (χ1) is 7.24. The summed E-state index contributed by atoms with van der Waals surface area (Å²) < 4.78 is 7.07. The van der Waals surface area contributed by atoms with Gasteiger partial charge in [0.15, 0.2) is 5.76 Å². The van der Waals surface area contributed by atoms with E-state index in [0.29, 0.717) is 6.54 Å². The summed E-state index contributed by atoms with van der Waals surface area (Å²) in [5.74, 6) is 0.729. The molecule has 0 atom stereocenters. The van der Waals surface area contributed by atoms with Crippen molar-refractivity contribution in [1.29, 1.82) is 0 Å². The number of hydrogen-bond donors (Lipinski definition) is 1. The molecule has 0 unspecified atom stereocenters. The molecule has 0 aliphatic rings. The number of nitrogens with zero attached hydrogens (tertiary/aromatic N) is 3. The monoisotopic (exact) mass is 206 g/mol. The second-order valence-electron chi connectivity index (χ2n) is 3.37. The smallest absolute Gasteiger partial charge is 0.170 e.